The first-order chi connectivity index (χ1) is 17.5. The summed E-state index contributed by atoms with van der Waals surface area (Å²) in [7, 11) is 0. The molecule has 0 unspecified atom stereocenters. The first-order valence-electron chi connectivity index (χ1n) is 11.6. The Morgan fingerprint density at radius 1 is 1.11 bits per heavy atom. The van der Waals surface area contributed by atoms with Crippen molar-refractivity contribution in [1.29, 1.82) is 0 Å². The van der Waals surface area contributed by atoms with E-state index >= 15 is 0 Å². The second-order valence-corrected chi connectivity index (χ2v) is 8.21. The van der Waals surface area contributed by atoms with E-state index in [1.54, 1.807) is 30.5 Å². The normalized spacial score (nSPS) is 12.5. The van der Waals surface area contributed by atoms with Gasteiger partial charge in [0.1, 0.15) is 17.3 Å². The van der Waals surface area contributed by atoms with E-state index in [1.165, 1.54) is 23.1 Å². The minimum absolute atomic E-state index is 0.106. The minimum Gasteiger partial charge on any atom is -0.485 e. The second-order valence-electron chi connectivity index (χ2n) is 8.21. The van der Waals surface area contributed by atoms with E-state index in [4.69, 9.17) is 9.47 Å². The van der Waals surface area contributed by atoms with Crippen molar-refractivity contribution in [3.05, 3.63) is 83.9 Å². The molecular weight excluding hydrogens is 465 g/mol. The molecule has 0 radical (unpaired) electrons. The molecule has 1 aromatic heterocycles. The molecule has 2 aromatic carbocycles. The van der Waals surface area contributed by atoms with Crippen LogP contribution in [0.25, 0.3) is 0 Å². The monoisotopic (exact) mass is 491 g/mol. The topological polar surface area (TPSA) is 97.8 Å². The average Bonchev–Trinajstić information content (AvgIpc) is 2.89. The summed E-state index contributed by atoms with van der Waals surface area (Å²) in [5.74, 6) is -0.407. The maximum absolute atomic E-state index is 13.3. The predicted octanol–water partition coefficient (Wildman–Crippen LogP) is 3.35. The Balaban J connectivity index is 1.31. The minimum atomic E-state index is -0.457. The smallest absolute Gasteiger partial charge is 0.265 e. The van der Waals surface area contributed by atoms with Crippen LogP contribution in [0.5, 0.6) is 11.5 Å². The molecule has 1 aliphatic heterocycles. The van der Waals surface area contributed by atoms with Crippen molar-refractivity contribution in [2.24, 2.45) is 0 Å². The number of carbonyl (C=O) groups excluding carboxylic acids is 3. The fraction of sp³-hybridized carbons (Fsp3) is 0.259. The van der Waals surface area contributed by atoms with Crippen molar-refractivity contribution >= 4 is 23.3 Å². The van der Waals surface area contributed by atoms with E-state index in [0.29, 0.717) is 42.9 Å². The van der Waals surface area contributed by atoms with Gasteiger partial charge in [0.2, 0.25) is 5.91 Å². The number of ketones is 1. The standard InChI is InChI=1S/C27H26FN3O5/c28-20-5-3-7-22(16-20)35-17-24(32)19-9-10-25-23(15-19)31(27(34)18-36-25)14-4-8-26(33)30-13-11-21-6-1-2-12-29-21/h1-3,5-7,9-10,12,15-16H,4,8,11,13-14,17-18H2,(H,30,33). The fourth-order valence-corrected chi connectivity index (χ4v) is 3.77. The largest absolute Gasteiger partial charge is 0.485 e. The highest BCUT2D eigenvalue weighted by molar-refractivity contribution is 6.02. The zero-order valence-electron chi connectivity index (χ0n) is 19.6. The van der Waals surface area contributed by atoms with Gasteiger partial charge >= 0.3 is 0 Å². The zero-order chi connectivity index (χ0) is 25.3. The Kier molecular flexibility index (Phi) is 8.23. The molecule has 9 heteroatoms. The number of nitrogens with one attached hydrogen (secondary N) is 1. The maximum atomic E-state index is 13.3. The van der Waals surface area contributed by atoms with Gasteiger partial charge in [0.05, 0.1) is 5.69 Å². The van der Waals surface area contributed by atoms with Gasteiger partial charge in [-0.15, -0.1) is 0 Å². The van der Waals surface area contributed by atoms with Crippen LogP contribution < -0.4 is 19.7 Å². The third-order valence-corrected chi connectivity index (χ3v) is 5.60. The molecule has 1 N–H and O–H groups in total. The van der Waals surface area contributed by atoms with Crippen LogP contribution in [0, 0.1) is 5.82 Å². The van der Waals surface area contributed by atoms with Gasteiger partial charge in [-0.25, -0.2) is 4.39 Å². The summed E-state index contributed by atoms with van der Waals surface area (Å²) in [6.45, 7) is 0.396. The summed E-state index contributed by atoms with van der Waals surface area (Å²) in [6, 6.07) is 16.0. The van der Waals surface area contributed by atoms with E-state index in [-0.39, 0.29) is 43.0 Å². The SMILES string of the molecule is O=C(CCCN1C(=O)COc2ccc(C(=O)COc3cccc(F)c3)cc21)NCCc1ccccn1. The van der Waals surface area contributed by atoms with Crippen molar-refractivity contribution < 1.29 is 28.2 Å². The van der Waals surface area contributed by atoms with Crippen LogP contribution in [0.2, 0.25) is 0 Å². The lowest BCUT2D eigenvalue weighted by atomic mass is 10.1. The number of benzene rings is 2. The Morgan fingerprint density at radius 3 is 2.81 bits per heavy atom. The molecule has 4 rings (SSSR count). The predicted molar refractivity (Wildman–Crippen MR) is 131 cm³/mol. The van der Waals surface area contributed by atoms with E-state index in [1.807, 2.05) is 18.2 Å². The van der Waals surface area contributed by atoms with Gasteiger partial charge < -0.3 is 19.7 Å². The first-order valence-corrected chi connectivity index (χ1v) is 11.6. The van der Waals surface area contributed by atoms with Gasteiger partial charge in [-0.3, -0.25) is 19.4 Å². The van der Waals surface area contributed by atoms with Crippen molar-refractivity contribution in [2.45, 2.75) is 19.3 Å². The molecule has 0 aliphatic carbocycles. The molecule has 0 atom stereocenters. The number of ether oxygens (including phenoxy) is 2. The lowest BCUT2D eigenvalue weighted by Crippen LogP contribution is -2.40. The molecule has 36 heavy (non-hydrogen) atoms. The maximum Gasteiger partial charge on any atom is 0.265 e. The number of hydrogen-bond donors (Lipinski definition) is 1. The molecule has 0 saturated carbocycles. The van der Waals surface area contributed by atoms with Gasteiger partial charge in [0.25, 0.3) is 5.91 Å². The highest BCUT2D eigenvalue weighted by atomic mass is 19.1. The van der Waals surface area contributed by atoms with Gasteiger partial charge in [-0.1, -0.05) is 12.1 Å². The number of pyridine rings is 1. The van der Waals surface area contributed by atoms with Gasteiger partial charge in [0.15, 0.2) is 19.0 Å². The molecule has 0 bridgehead atoms. The Bertz CT molecular complexity index is 1240. The number of aromatic nitrogens is 1. The molecule has 8 nitrogen and oxygen atoms in total. The molecule has 186 valence electrons. The Labute approximate surface area is 208 Å². The Morgan fingerprint density at radius 2 is 2.00 bits per heavy atom. The molecule has 3 aromatic rings. The molecule has 2 amide bonds. The molecule has 2 heterocycles. The number of Topliss-reactive ketones (excluding diaryl/α,β-unsaturated/α-hetero) is 1. The summed E-state index contributed by atoms with van der Waals surface area (Å²) in [4.78, 5) is 43.2. The van der Waals surface area contributed by atoms with E-state index in [2.05, 4.69) is 10.3 Å². The van der Waals surface area contributed by atoms with Crippen LogP contribution in [0.3, 0.4) is 0 Å². The van der Waals surface area contributed by atoms with Crippen LogP contribution in [0.4, 0.5) is 10.1 Å². The van der Waals surface area contributed by atoms with Crippen molar-refractivity contribution in [3.8, 4) is 11.5 Å². The molecule has 0 saturated heterocycles. The quantitative estimate of drug-likeness (QED) is 0.413. The summed E-state index contributed by atoms with van der Waals surface area (Å²) >= 11 is 0. The first kappa shape index (κ1) is 24.8. The lowest BCUT2D eigenvalue weighted by Gasteiger charge is -2.29. The third kappa shape index (κ3) is 6.65. The number of amides is 2. The molecule has 1 aliphatic rings. The van der Waals surface area contributed by atoms with Crippen LogP contribution in [0.1, 0.15) is 28.9 Å². The highest BCUT2D eigenvalue weighted by Gasteiger charge is 2.26. The van der Waals surface area contributed by atoms with E-state index in [0.717, 1.165) is 5.69 Å². The average molecular weight is 492 g/mol. The van der Waals surface area contributed by atoms with Crippen LogP contribution in [-0.4, -0.2) is 48.9 Å². The summed E-state index contributed by atoms with van der Waals surface area (Å²) in [5, 5.41) is 2.87. The number of hydrogen-bond acceptors (Lipinski definition) is 6. The van der Waals surface area contributed by atoms with Gasteiger partial charge in [0, 0.05) is 49.5 Å². The lowest BCUT2D eigenvalue weighted by molar-refractivity contribution is -0.122. The molecular formula is C27H26FN3O5. The van der Waals surface area contributed by atoms with Crippen molar-refractivity contribution in [3.63, 3.8) is 0 Å². The summed E-state index contributed by atoms with van der Waals surface area (Å²) in [6.07, 6.45) is 3.05. The van der Waals surface area contributed by atoms with Crippen LogP contribution in [0.15, 0.2) is 66.9 Å². The van der Waals surface area contributed by atoms with E-state index in [9.17, 15) is 18.8 Å². The number of rotatable bonds is 11. The molecule has 0 fully saturated rings. The highest BCUT2D eigenvalue weighted by Crippen LogP contribution is 2.33. The van der Waals surface area contributed by atoms with E-state index < -0.39 is 5.82 Å². The number of halogens is 1. The Hall–Kier alpha value is -4.27. The number of carbonyl (C=O) groups is 3. The molecule has 0 spiro atoms. The van der Waals surface area contributed by atoms with Crippen molar-refractivity contribution in [2.75, 3.05) is 31.2 Å². The van der Waals surface area contributed by atoms with Gasteiger partial charge in [-0.2, -0.15) is 0 Å². The van der Waals surface area contributed by atoms with Gasteiger partial charge in [-0.05, 0) is 48.9 Å². The van der Waals surface area contributed by atoms with Crippen LogP contribution in [-0.2, 0) is 16.0 Å². The summed E-state index contributed by atoms with van der Waals surface area (Å²) in [5.41, 5.74) is 1.71. The third-order valence-electron chi connectivity index (χ3n) is 5.60. The number of anilines is 1. The van der Waals surface area contributed by atoms with Crippen LogP contribution >= 0.6 is 0 Å². The zero-order valence-corrected chi connectivity index (χ0v) is 19.6. The second kappa shape index (κ2) is 11.9. The van der Waals surface area contributed by atoms with Crippen molar-refractivity contribution in [1.82, 2.24) is 10.3 Å². The number of fused-ring (bicyclic) bond motifs is 1. The number of nitrogens with zero attached hydrogens (tertiary/aromatic N) is 2. The fourth-order valence-electron chi connectivity index (χ4n) is 3.77. The summed E-state index contributed by atoms with van der Waals surface area (Å²) < 4.78 is 24.2.